The van der Waals surface area contributed by atoms with Gasteiger partial charge < -0.3 is 4.90 Å². The molecule has 0 aromatic carbocycles. The lowest BCUT2D eigenvalue weighted by Crippen LogP contribution is -2.41. The van der Waals surface area contributed by atoms with Crippen LogP contribution in [0.4, 0.5) is 0 Å². The Morgan fingerprint density at radius 1 is 1.00 bits per heavy atom. The second kappa shape index (κ2) is 3.80. The van der Waals surface area contributed by atoms with Crippen LogP contribution in [0.2, 0.25) is 0 Å². The van der Waals surface area contributed by atoms with E-state index in [1.807, 2.05) is 0 Å². The highest BCUT2D eigenvalue weighted by molar-refractivity contribution is 5.79. The third-order valence-electron chi connectivity index (χ3n) is 4.72. The molecular formula is C13H21NO. The highest BCUT2D eigenvalue weighted by Crippen LogP contribution is 2.48. The van der Waals surface area contributed by atoms with Crippen molar-refractivity contribution in [3.8, 4) is 0 Å². The summed E-state index contributed by atoms with van der Waals surface area (Å²) in [7, 11) is 0. The van der Waals surface area contributed by atoms with E-state index in [4.69, 9.17) is 0 Å². The van der Waals surface area contributed by atoms with Crippen molar-refractivity contribution >= 4 is 5.91 Å². The normalized spacial score (nSPS) is 39.7. The standard InChI is InChI=1S/C13H21NO/c15-13(14-6-2-1-3-7-14)12-9-10-4-5-11(12)8-10/h10-12H,1-9H2. The molecule has 3 fully saturated rings. The fourth-order valence-electron chi connectivity index (χ4n) is 3.90. The molecule has 2 bridgehead atoms. The Labute approximate surface area is 92.0 Å². The molecule has 0 aromatic heterocycles. The molecule has 2 heteroatoms. The average Bonchev–Trinajstić information content (AvgIpc) is 2.91. The number of piperidine rings is 1. The summed E-state index contributed by atoms with van der Waals surface area (Å²) >= 11 is 0. The molecule has 3 aliphatic rings. The topological polar surface area (TPSA) is 20.3 Å². The maximum atomic E-state index is 12.3. The number of nitrogens with zero attached hydrogens (tertiary/aromatic N) is 1. The van der Waals surface area contributed by atoms with Crippen LogP contribution in [-0.2, 0) is 4.79 Å². The molecule has 1 saturated heterocycles. The van der Waals surface area contributed by atoms with Gasteiger partial charge in [0, 0.05) is 19.0 Å². The van der Waals surface area contributed by atoms with Crippen molar-refractivity contribution in [2.24, 2.45) is 17.8 Å². The average molecular weight is 207 g/mol. The van der Waals surface area contributed by atoms with Crippen molar-refractivity contribution in [3.63, 3.8) is 0 Å². The molecule has 0 spiro atoms. The van der Waals surface area contributed by atoms with Crippen LogP contribution in [0.3, 0.4) is 0 Å². The predicted molar refractivity (Wildman–Crippen MR) is 59.4 cm³/mol. The van der Waals surface area contributed by atoms with E-state index >= 15 is 0 Å². The third-order valence-corrected chi connectivity index (χ3v) is 4.72. The molecule has 3 unspecified atom stereocenters. The van der Waals surface area contributed by atoms with Crippen LogP contribution in [0.15, 0.2) is 0 Å². The van der Waals surface area contributed by atoms with Gasteiger partial charge in [-0.25, -0.2) is 0 Å². The van der Waals surface area contributed by atoms with Gasteiger partial charge in [-0.05, 0) is 50.4 Å². The molecule has 0 radical (unpaired) electrons. The first-order valence-corrected chi connectivity index (χ1v) is 6.63. The fraction of sp³-hybridized carbons (Fsp3) is 0.923. The molecule has 15 heavy (non-hydrogen) atoms. The Morgan fingerprint density at radius 3 is 2.40 bits per heavy atom. The minimum atomic E-state index is 0.418. The first-order valence-electron chi connectivity index (χ1n) is 6.63. The number of carbonyl (C=O) groups excluding carboxylic acids is 1. The smallest absolute Gasteiger partial charge is 0.225 e. The molecule has 2 aliphatic carbocycles. The van der Waals surface area contributed by atoms with Gasteiger partial charge in [-0.15, -0.1) is 0 Å². The van der Waals surface area contributed by atoms with Crippen molar-refractivity contribution in [2.45, 2.75) is 44.9 Å². The summed E-state index contributed by atoms with van der Waals surface area (Å²) in [6.45, 7) is 2.07. The number of hydrogen-bond donors (Lipinski definition) is 0. The number of carbonyl (C=O) groups is 1. The van der Waals surface area contributed by atoms with Crippen molar-refractivity contribution < 1.29 is 4.79 Å². The first-order chi connectivity index (χ1) is 7.34. The zero-order valence-corrected chi connectivity index (χ0v) is 9.45. The Kier molecular flexibility index (Phi) is 2.45. The Balaban J connectivity index is 1.64. The van der Waals surface area contributed by atoms with Crippen LogP contribution in [-0.4, -0.2) is 23.9 Å². The first kappa shape index (κ1) is 9.68. The van der Waals surface area contributed by atoms with Gasteiger partial charge in [0.25, 0.3) is 0 Å². The summed E-state index contributed by atoms with van der Waals surface area (Å²) in [5.41, 5.74) is 0. The van der Waals surface area contributed by atoms with E-state index in [0.717, 1.165) is 24.9 Å². The van der Waals surface area contributed by atoms with Crippen molar-refractivity contribution in [1.29, 1.82) is 0 Å². The molecule has 2 saturated carbocycles. The van der Waals surface area contributed by atoms with Crippen LogP contribution in [0, 0.1) is 17.8 Å². The van der Waals surface area contributed by atoms with E-state index in [1.54, 1.807) is 0 Å². The van der Waals surface area contributed by atoms with Gasteiger partial charge in [-0.1, -0.05) is 6.42 Å². The van der Waals surface area contributed by atoms with Crippen LogP contribution in [0.25, 0.3) is 0 Å². The second-order valence-electron chi connectivity index (χ2n) is 5.67. The monoisotopic (exact) mass is 207 g/mol. The Hall–Kier alpha value is -0.530. The maximum absolute atomic E-state index is 12.3. The minimum absolute atomic E-state index is 0.418. The number of fused-ring (bicyclic) bond motifs is 2. The van der Waals surface area contributed by atoms with Crippen LogP contribution >= 0.6 is 0 Å². The Morgan fingerprint density at radius 2 is 1.80 bits per heavy atom. The van der Waals surface area contributed by atoms with E-state index in [-0.39, 0.29) is 0 Å². The molecule has 1 amide bonds. The van der Waals surface area contributed by atoms with Gasteiger partial charge in [-0.3, -0.25) is 4.79 Å². The molecule has 1 heterocycles. The summed E-state index contributed by atoms with van der Waals surface area (Å²) in [4.78, 5) is 14.5. The van der Waals surface area contributed by atoms with E-state index < -0.39 is 0 Å². The molecule has 0 N–H and O–H groups in total. The zero-order chi connectivity index (χ0) is 10.3. The summed E-state index contributed by atoms with van der Waals surface area (Å²) in [6.07, 6.45) is 9.06. The summed E-state index contributed by atoms with van der Waals surface area (Å²) in [5, 5.41) is 0. The molecule has 84 valence electrons. The number of hydrogen-bond acceptors (Lipinski definition) is 1. The highest BCUT2D eigenvalue weighted by Gasteiger charge is 2.44. The van der Waals surface area contributed by atoms with Gasteiger partial charge in [0.2, 0.25) is 5.91 Å². The third kappa shape index (κ3) is 1.68. The largest absolute Gasteiger partial charge is 0.342 e. The summed E-state index contributed by atoms with van der Waals surface area (Å²) in [6, 6.07) is 0. The highest BCUT2D eigenvalue weighted by atomic mass is 16.2. The number of amides is 1. The molecule has 0 aromatic rings. The van der Waals surface area contributed by atoms with Gasteiger partial charge in [0.15, 0.2) is 0 Å². The molecular weight excluding hydrogens is 186 g/mol. The zero-order valence-electron chi connectivity index (χ0n) is 9.45. The molecule has 2 nitrogen and oxygen atoms in total. The van der Waals surface area contributed by atoms with Gasteiger partial charge in [0.1, 0.15) is 0 Å². The van der Waals surface area contributed by atoms with Crippen LogP contribution < -0.4 is 0 Å². The van der Waals surface area contributed by atoms with E-state index in [0.29, 0.717) is 11.8 Å². The maximum Gasteiger partial charge on any atom is 0.225 e. The Bertz CT molecular complexity index is 257. The van der Waals surface area contributed by atoms with Gasteiger partial charge in [-0.2, -0.15) is 0 Å². The quantitative estimate of drug-likeness (QED) is 0.646. The fourth-order valence-corrected chi connectivity index (χ4v) is 3.90. The van der Waals surface area contributed by atoms with Crippen molar-refractivity contribution in [1.82, 2.24) is 4.90 Å². The minimum Gasteiger partial charge on any atom is -0.342 e. The SMILES string of the molecule is O=C(C1CC2CCC1C2)N1CCCCC1. The number of likely N-dealkylation sites (tertiary alicyclic amines) is 1. The van der Waals surface area contributed by atoms with Crippen molar-refractivity contribution in [2.75, 3.05) is 13.1 Å². The van der Waals surface area contributed by atoms with Gasteiger partial charge >= 0.3 is 0 Å². The van der Waals surface area contributed by atoms with Crippen LogP contribution in [0.1, 0.15) is 44.9 Å². The van der Waals surface area contributed by atoms with E-state index in [1.165, 1.54) is 44.9 Å². The van der Waals surface area contributed by atoms with E-state index in [9.17, 15) is 4.79 Å². The van der Waals surface area contributed by atoms with E-state index in [2.05, 4.69) is 4.90 Å². The second-order valence-corrected chi connectivity index (χ2v) is 5.67. The molecule has 3 rings (SSSR count). The molecule has 1 aliphatic heterocycles. The lowest BCUT2D eigenvalue weighted by atomic mass is 9.87. The summed E-state index contributed by atoms with van der Waals surface area (Å²) in [5.74, 6) is 2.57. The van der Waals surface area contributed by atoms with Gasteiger partial charge in [0.05, 0.1) is 0 Å². The van der Waals surface area contributed by atoms with Crippen molar-refractivity contribution in [3.05, 3.63) is 0 Å². The lowest BCUT2D eigenvalue weighted by molar-refractivity contribution is -0.138. The van der Waals surface area contributed by atoms with Crippen LogP contribution in [0.5, 0.6) is 0 Å². The predicted octanol–water partition coefficient (Wildman–Crippen LogP) is 2.44. The number of rotatable bonds is 1. The summed E-state index contributed by atoms with van der Waals surface area (Å²) < 4.78 is 0. The molecule has 3 atom stereocenters. The lowest BCUT2D eigenvalue weighted by Gasteiger charge is -2.32.